The van der Waals surface area contributed by atoms with Gasteiger partial charge in [-0.3, -0.25) is 4.68 Å². The lowest BCUT2D eigenvalue weighted by Gasteiger charge is -2.21. The molecule has 0 unspecified atom stereocenters. The number of ether oxygens (including phenoxy) is 1. The van der Waals surface area contributed by atoms with Crippen LogP contribution in [-0.2, 0) is 11.8 Å². The summed E-state index contributed by atoms with van der Waals surface area (Å²) in [6.45, 7) is 16.0. The Morgan fingerprint density at radius 2 is 1.38 bits per heavy atom. The molecule has 1 aliphatic heterocycles. The maximum atomic E-state index is 5.10. The minimum absolute atomic E-state index is 0.822. The van der Waals surface area contributed by atoms with Crippen molar-refractivity contribution in [3.05, 3.63) is 89.8 Å². The van der Waals surface area contributed by atoms with E-state index in [9.17, 15) is 0 Å². The van der Waals surface area contributed by atoms with Gasteiger partial charge in [0.1, 0.15) is 18.5 Å². The third-order valence-corrected chi connectivity index (χ3v) is 5.22. The van der Waals surface area contributed by atoms with Gasteiger partial charge in [-0.15, -0.1) is 0 Å². The zero-order chi connectivity index (χ0) is 27.5. The predicted molar refractivity (Wildman–Crippen MR) is 146 cm³/mol. The molecule has 200 valence electrons. The summed E-state index contributed by atoms with van der Waals surface area (Å²) in [6, 6.07) is 3.66. The zero-order valence-electron chi connectivity index (χ0n) is 23.5. The smallest absolute Gasteiger partial charge is 0.125 e. The summed E-state index contributed by atoms with van der Waals surface area (Å²) in [4.78, 5) is 25.2. The Bertz CT molecular complexity index is 973. The first-order valence-corrected chi connectivity index (χ1v) is 12.1. The summed E-state index contributed by atoms with van der Waals surface area (Å²) in [5.41, 5.74) is 5.80. The number of rotatable bonds is 0. The van der Waals surface area contributed by atoms with Gasteiger partial charge in [0.25, 0.3) is 0 Å². The molecule has 37 heavy (non-hydrogen) atoms. The lowest BCUT2D eigenvalue weighted by Crippen LogP contribution is -2.32. The molecule has 0 bridgehead atoms. The van der Waals surface area contributed by atoms with Gasteiger partial charge in [-0.2, -0.15) is 5.10 Å². The maximum absolute atomic E-state index is 5.10. The Hall–Kier alpha value is -3.63. The molecule has 0 spiro atoms. The van der Waals surface area contributed by atoms with Crippen LogP contribution in [0.2, 0.25) is 0 Å². The summed E-state index contributed by atoms with van der Waals surface area (Å²) in [5, 5.41) is 4.23. The molecule has 1 fully saturated rings. The normalized spacial score (nSPS) is 12.2. The Morgan fingerprint density at radius 3 is 1.62 bits per heavy atom. The summed E-state index contributed by atoms with van der Waals surface area (Å²) in [6.07, 6.45) is 11.8. The van der Waals surface area contributed by atoms with Crippen LogP contribution < -0.4 is 0 Å². The van der Waals surface area contributed by atoms with Crippen molar-refractivity contribution in [1.82, 2.24) is 44.6 Å². The van der Waals surface area contributed by atoms with Crippen molar-refractivity contribution in [2.75, 3.05) is 33.4 Å². The van der Waals surface area contributed by atoms with Gasteiger partial charge in [0.05, 0.1) is 18.9 Å². The van der Waals surface area contributed by atoms with Crippen LogP contribution in [0.15, 0.2) is 55.8 Å². The highest BCUT2D eigenvalue weighted by Crippen LogP contribution is 2.08. The van der Waals surface area contributed by atoms with E-state index in [1.165, 1.54) is 23.9 Å². The quantitative estimate of drug-likeness (QED) is 0.352. The second-order valence-electron chi connectivity index (χ2n) is 8.40. The summed E-state index contributed by atoms with van der Waals surface area (Å²) >= 11 is 0. The van der Waals surface area contributed by atoms with Gasteiger partial charge in [0.15, 0.2) is 0 Å². The van der Waals surface area contributed by atoms with Crippen molar-refractivity contribution in [2.45, 2.75) is 41.5 Å². The van der Waals surface area contributed by atoms with Crippen LogP contribution in [-0.4, -0.2) is 77.9 Å². The van der Waals surface area contributed by atoms with Crippen LogP contribution in [0.5, 0.6) is 0 Å². The average molecular weight is 508 g/mol. The summed E-state index contributed by atoms with van der Waals surface area (Å²) < 4.78 is 7.01. The fourth-order valence-electron chi connectivity index (χ4n) is 2.64. The molecule has 1 aliphatic rings. The Kier molecular flexibility index (Phi) is 15.8. The highest BCUT2D eigenvalue weighted by atomic mass is 16.5. The number of hydrogen-bond acceptors (Lipinski definition) is 9. The summed E-state index contributed by atoms with van der Waals surface area (Å²) in [7, 11) is 4.08. The minimum atomic E-state index is 0.822. The van der Waals surface area contributed by atoms with E-state index >= 15 is 0 Å². The molecule has 0 amide bonds. The van der Waals surface area contributed by atoms with E-state index in [0.717, 1.165) is 49.1 Å². The van der Waals surface area contributed by atoms with Gasteiger partial charge in [0, 0.05) is 62.5 Å². The number of likely N-dealkylation sites (N-methyl/N-ethyl adjacent to an activating group) is 1. The third-order valence-electron chi connectivity index (χ3n) is 5.22. The third kappa shape index (κ3) is 15.2. The SMILES string of the molecule is CN1CCOCC1.Cc1ccncn1.Cc1cncnc1.Cc1ncccn1.Cc1nn(C)c(C)c1C. The van der Waals surface area contributed by atoms with E-state index in [2.05, 4.69) is 60.8 Å². The molecule has 4 aromatic rings. The molecule has 10 nitrogen and oxygen atoms in total. The van der Waals surface area contributed by atoms with Crippen LogP contribution in [0, 0.1) is 41.5 Å². The largest absolute Gasteiger partial charge is 0.379 e. The first-order valence-electron chi connectivity index (χ1n) is 12.1. The molecule has 5 rings (SSSR count). The fourth-order valence-corrected chi connectivity index (χ4v) is 2.64. The van der Waals surface area contributed by atoms with Crippen molar-refractivity contribution in [3.63, 3.8) is 0 Å². The lowest BCUT2D eigenvalue weighted by molar-refractivity contribution is 0.0503. The number of morpholine rings is 1. The van der Waals surface area contributed by atoms with E-state index < -0.39 is 0 Å². The Labute approximate surface area is 221 Å². The van der Waals surface area contributed by atoms with Gasteiger partial charge in [-0.25, -0.2) is 29.9 Å². The molecule has 0 aromatic carbocycles. The predicted octanol–water partition coefficient (Wildman–Crippen LogP) is 3.65. The monoisotopic (exact) mass is 507 g/mol. The molecule has 1 saturated heterocycles. The van der Waals surface area contributed by atoms with Gasteiger partial charge in [-0.1, -0.05) is 0 Å². The minimum Gasteiger partial charge on any atom is -0.379 e. The standard InChI is InChI=1S/C7H12N2.3C5H6N2.C5H11NO/c1-5-6(2)8-9(4)7(5)3;1-5-2-6-4-7-3-5;1-5-2-3-6-4-7-5;1-5-6-3-2-4-7-5;1-6-2-4-7-5-3-6/h1-4H3;3*2-4H,1H3;2-5H2,1H3. The molecule has 0 aliphatic carbocycles. The van der Waals surface area contributed by atoms with Crippen molar-refractivity contribution in [2.24, 2.45) is 7.05 Å². The zero-order valence-corrected chi connectivity index (χ0v) is 23.5. The van der Waals surface area contributed by atoms with Crippen LogP contribution >= 0.6 is 0 Å². The highest BCUT2D eigenvalue weighted by molar-refractivity contribution is 5.21. The van der Waals surface area contributed by atoms with Crippen LogP contribution in [0.4, 0.5) is 0 Å². The van der Waals surface area contributed by atoms with E-state index in [-0.39, 0.29) is 0 Å². The molecular formula is C27H41N9O. The highest BCUT2D eigenvalue weighted by Gasteiger charge is 2.02. The van der Waals surface area contributed by atoms with Crippen LogP contribution in [0.3, 0.4) is 0 Å². The Balaban J connectivity index is 0.000000232. The van der Waals surface area contributed by atoms with Gasteiger partial charge >= 0.3 is 0 Å². The van der Waals surface area contributed by atoms with Crippen LogP contribution in [0.25, 0.3) is 0 Å². The number of hydrogen-bond donors (Lipinski definition) is 0. The lowest BCUT2D eigenvalue weighted by atomic mass is 10.2. The Morgan fingerprint density at radius 1 is 0.757 bits per heavy atom. The molecule has 0 saturated carbocycles. The van der Waals surface area contributed by atoms with E-state index in [4.69, 9.17) is 4.74 Å². The fraction of sp³-hybridized carbons (Fsp3) is 0.444. The van der Waals surface area contributed by atoms with Gasteiger partial charge < -0.3 is 9.64 Å². The van der Waals surface area contributed by atoms with Crippen LogP contribution in [0.1, 0.15) is 34.0 Å². The van der Waals surface area contributed by atoms with Crippen molar-refractivity contribution in [1.29, 1.82) is 0 Å². The average Bonchev–Trinajstić information content (AvgIpc) is 3.12. The molecule has 10 heteroatoms. The van der Waals surface area contributed by atoms with E-state index in [0.29, 0.717) is 0 Å². The van der Waals surface area contributed by atoms with Gasteiger partial charge in [0.2, 0.25) is 0 Å². The molecule has 0 N–H and O–H groups in total. The molecule has 5 heterocycles. The van der Waals surface area contributed by atoms with E-state index in [1.54, 1.807) is 37.1 Å². The first kappa shape index (κ1) is 31.4. The first-order chi connectivity index (χ1) is 17.7. The summed E-state index contributed by atoms with van der Waals surface area (Å²) in [5.74, 6) is 0.822. The molecule has 4 aromatic heterocycles. The number of aryl methyl sites for hydroxylation is 5. The topological polar surface area (TPSA) is 108 Å². The molecular weight excluding hydrogens is 466 g/mol. The maximum Gasteiger partial charge on any atom is 0.125 e. The second kappa shape index (κ2) is 18.6. The van der Waals surface area contributed by atoms with Crippen molar-refractivity contribution in [3.8, 4) is 0 Å². The van der Waals surface area contributed by atoms with Crippen molar-refractivity contribution < 1.29 is 4.74 Å². The van der Waals surface area contributed by atoms with Gasteiger partial charge in [-0.05, 0) is 71.8 Å². The number of nitrogens with zero attached hydrogens (tertiary/aromatic N) is 9. The van der Waals surface area contributed by atoms with E-state index in [1.807, 2.05) is 45.5 Å². The molecule has 0 radical (unpaired) electrons. The molecule has 0 atom stereocenters. The second-order valence-corrected chi connectivity index (χ2v) is 8.40. The number of aromatic nitrogens is 8. The van der Waals surface area contributed by atoms with Crippen molar-refractivity contribution >= 4 is 0 Å².